The Balaban J connectivity index is 2.43. The summed E-state index contributed by atoms with van der Waals surface area (Å²) >= 11 is 0. The largest absolute Gasteiger partial charge is 0.481 e. The molecule has 0 amide bonds. The summed E-state index contributed by atoms with van der Waals surface area (Å²) in [4.78, 5) is 11.2. The third kappa shape index (κ3) is 1.93. The fraction of sp³-hybridized carbons (Fsp3) is 0.357. The van der Waals surface area contributed by atoms with Gasteiger partial charge >= 0.3 is 5.97 Å². The van der Waals surface area contributed by atoms with Crippen molar-refractivity contribution in [1.29, 1.82) is 0 Å². The smallest absolute Gasteiger partial charge is 0.309 e. The van der Waals surface area contributed by atoms with E-state index in [9.17, 15) is 9.90 Å². The second-order valence-corrected chi connectivity index (χ2v) is 4.94. The molecule has 90 valence electrons. The number of rotatable bonds is 3. The number of carboxylic acids is 1. The first-order valence-corrected chi connectivity index (χ1v) is 5.65. The van der Waals surface area contributed by atoms with Crippen LogP contribution in [0, 0.1) is 5.41 Å². The highest BCUT2D eigenvalue weighted by atomic mass is 16.4. The van der Waals surface area contributed by atoms with Gasteiger partial charge in [0.1, 0.15) is 11.3 Å². The Morgan fingerprint density at radius 3 is 2.59 bits per heavy atom. The molecule has 1 unspecified atom stereocenters. The van der Waals surface area contributed by atoms with E-state index in [4.69, 9.17) is 4.42 Å². The van der Waals surface area contributed by atoms with Crippen LogP contribution in [-0.4, -0.2) is 11.1 Å². The minimum Gasteiger partial charge on any atom is -0.481 e. The van der Waals surface area contributed by atoms with E-state index in [0.29, 0.717) is 0 Å². The molecular weight excluding hydrogens is 216 g/mol. The molecule has 3 nitrogen and oxygen atoms in total. The van der Waals surface area contributed by atoms with Gasteiger partial charge in [0.05, 0.1) is 5.41 Å². The van der Waals surface area contributed by atoms with Crippen molar-refractivity contribution in [2.24, 2.45) is 5.41 Å². The Bertz CT molecular complexity index is 518. The predicted molar refractivity (Wildman–Crippen MR) is 66.0 cm³/mol. The number of benzene rings is 1. The van der Waals surface area contributed by atoms with Crippen molar-refractivity contribution in [2.45, 2.75) is 26.7 Å². The summed E-state index contributed by atoms with van der Waals surface area (Å²) < 4.78 is 5.70. The minimum absolute atomic E-state index is 0.174. The summed E-state index contributed by atoms with van der Waals surface area (Å²) in [6.07, 6.45) is 0. The van der Waals surface area contributed by atoms with Crippen LogP contribution in [0.1, 0.15) is 32.4 Å². The van der Waals surface area contributed by atoms with Crippen molar-refractivity contribution < 1.29 is 14.3 Å². The highest BCUT2D eigenvalue weighted by Gasteiger charge is 2.36. The molecule has 2 rings (SSSR count). The molecule has 0 aliphatic heterocycles. The van der Waals surface area contributed by atoms with Crippen LogP contribution in [0.25, 0.3) is 11.0 Å². The van der Waals surface area contributed by atoms with Crippen LogP contribution in [0.4, 0.5) is 0 Å². The Kier molecular flexibility index (Phi) is 2.69. The average molecular weight is 232 g/mol. The summed E-state index contributed by atoms with van der Waals surface area (Å²) in [6.45, 7) is 5.31. The van der Waals surface area contributed by atoms with Gasteiger partial charge < -0.3 is 9.52 Å². The topological polar surface area (TPSA) is 50.4 Å². The zero-order valence-corrected chi connectivity index (χ0v) is 10.2. The molecule has 0 saturated carbocycles. The lowest BCUT2D eigenvalue weighted by molar-refractivity contribution is -0.148. The molecule has 1 atom stereocenters. The molecule has 0 spiro atoms. The third-order valence-corrected chi connectivity index (χ3v) is 3.51. The molecular formula is C14H16O3. The third-order valence-electron chi connectivity index (χ3n) is 3.51. The summed E-state index contributed by atoms with van der Waals surface area (Å²) in [5.74, 6) is -0.267. The molecule has 0 radical (unpaired) electrons. The number of hydrogen-bond donors (Lipinski definition) is 1. The number of aliphatic carboxylic acids is 1. The van der Waals surface area contributed by atoms with E-state index in [1.165, 1.54) is 0 Å². The van der Waals surface area contributed by atoms with Gasteiger partial charge in [-0.1, -0.05) is 25.1 Å². The zero-order valence-electron chi connectivity index (χ0n) is 10.2. The van der Waals surface area contributed by atoms with Crippen LogP contribution in [0.15, 0.2) is 34.7 Å². The Morgan fingerprint density at radius 1 is 1.35 bits per heavy atom. The maximum absolute atomic E-state index is 11.2. The molecule has 0 saturated heterocycles. The van der Waals surface area contributed by atoms with Gasteiger partial charge in [-0.25, -0.2) is 0 Å². The van der Waals surface area contributed by atoms with Gasteiger partial charge in [-0.05, 0) is 26.0 Å². The lowest BCUT2D eigenvalue weighted by atomic mass is 9.78. The Morgan fingerprint density at radius 2 is 2.00 bits per heavy atom. The minimum atomic E-state index is -0.839. The first-order chi connectivity index (χ1) is 7.93. The molecule has 1 N–H and O–H groups in total. The molecule has 1 aromatic carbocycles. The van der Waals surface area contributed by atoms with Gasteiger partial charge in [0, 0.05) is 11.3 Å². The highest BCUT2D eigenvalue weighted by molar-refractivity contribution is 5.79. The molecule has 1 heterocycles. The normalized spacial score (nSPS) is 13.8. The fourth-order valence-electron chi connectivity index (χ4n) is 1.76. The molecule has 2 aromatic rings. The van der Waals surface area contributed by atoms with Crippen LogP contribution >= 0.6 is 0 Å². The highest BCUT2D eigenvalue weighted by Crippen LogP contribution is 2.37. The van der Waals surface area contributed by atoms with Crippen molar-refractivity contribution in [3.63, 3.8) is 0 Å². The molecule has 1 aromatic heterocycles. The van der Waals surface area contributed by atoms with Crippen molar-refractivity contribution in [3.05, 3.63) is 36.1 Å². The van der Waals surface area contributed by atoms with Gasteiger partial charge in [-0.3, -0.25) is 4.79 Å². The number of carbonyl (C=O) groups is 1. The van der Waals surface area contributed by atoms with E-state index >= 15 is 0 Å². The summed E-state index contributed by atoms with van der Waals surface area (Å²) in [5.41, 5.74) is -0.0380. The van der Waals surface area contributed by atoms with Crippen LogP contribution in [0.2, 0.25) is 0 Å². The Hall–Kier alpha value is -1.77. The molecule has 17 heavy (non-hydrogen) atoms. The fourth-order valence-corrected chi connectivity index (χ4v) is 1.76. The average Bonchev–Trinajstić information content (AvgIpc) is 2.70. The monoisotopic (exact) mass is 232 g/mol. The number of carboxylic acid groups (broad SMARTS) is 1. The SMILES string of the molecule is CC(c1cc2ccccc2o1)C(C)(C)C(=O)O. The van der Waals surface area contributed by atoms with Crippen molar-refractivity contribution >= 4 is 16.9 Å². The lowest BCUT2D eigenvalue weighted by Crippen LogP contribution is -2.29. The molecule has 0 fully saturated rings. The number of furan rings is 1. The number of hydrogen-bond acceptors (Lipinski definition) is 2. The number of fused-ring (bicyclic) bond motifs is 1. The second-order valence-electron chi connectivity index (χ2n) is 4.94. The van der Waals surface area contributed by atoms with Gasteiger partial charge in [0.25, 0.3) is 0 Å². The van der Waals surface area contributed by atoms with E-state index < -0.39 is 11.4 Å². The first-order valence-electron chi connectivity index (χ1n) is 5.65. The van der Waals surface area contributed by atoms with Crippen molar-refractivity contribution in [2.75, 3.05) is 0 Å². The van der Waals surface area contributed by atoms with Gasteiger partial charge in [-0.2, -0.15) is 0 Å². The molecule has 0 aliphatic rings. The van der Waals surface area contributed by atoms with Crippen LogP contribution < -0.4 is 0 Å². The molecule has 0 aliphatic carbocycles. The van der Waals surface area contributed by atoms with Crippen LogP contribution in [0.5, 0.6) is 0 Å². The maximum Gasteiger partial charge on any atom is 0.309 e. The summed E-state index contributed by atoms with van der Waals surface area (Å²) in [6, 6.07) is 9.62. The van der Waals surface area contributed by atoms with Crippen molar-refractivity contribution in [3.8, 4) is 0 Å². The van der Waals surface area contributed by atoms with Gasteiger partial charge in [0.2, 0.25) is 0 Å². The van der Waals surface area contributed by atoms with Crippen molar-refractivity contribution in [1.82, 2.24) is 0 Å². The molecule has 0 bridgehead atoms. The van der Waals surface area contributed by atoms with Crippen LogP contribution in [-0.2, 0) is 4.79 Å². The van der Waals surface area contributed by atoms with Gasteiger partial charge in [-0.15, -0.1) is 0 Å². The predicted octanol–water partition coefficient (Wildman–Crippen LogP) is 3.65. The molecule has 3 heteroatoms. The van der Waals surface area contributed by atoms with E-state index in [1.807, 2.05) is 37.3 Å². The zero-order chi connectivity index (χ0) is 12.6. The van der Waals surface area contributed by atoms with E-state index in [-0.39, 0.29) is 5.92 Å². The maximum atomic E-state index is 11.2. The van der Waals surface area contributed by atoms with E-state index in [0.717, 1.165) is 16.7 Å². The van der Waals surface area contributed by atoms with E-state index in [1.54, 1.807) is 13.8 Å². The lowest BCUT2D eigenvalue weighted by Gasteiger charge is -2.25. The Labute approximate surface area is 100 Å². The second kappa shape index (κ2) is 3.91. The van der Waals surface area contributed by atoms with Crippen LogP contribution in [0.3, 0.4) is 0 Å². The first kappa shape index (κ1) is 11.7. The number of para-hydroxylation sites is 1. The quantitative estimate of drug-likeness (QED) is 0.878. The summed E-state index contributed by atoms with van der Waals surface area (Å²) in [7, 11) is 0. The van der Waals surface area contributed by atoms with E-state index in [2.05, 4.69) is 0 Å². The van der Waals surface area contributed by atoms with Gasteiger partial charge in [0.15, 0.2) is 0 Å². The summed E-state index contributed by atoms with van der Waals surface area (Å²) in [5, 5.41) is 10.2. The standard InChI is InChI=1S/C14H16O3/c1-9(14(2,3)13(15)16)12-8-10-6-4-5-7-11(10)17-12/h4-9H,1-3H3,(H,15,16).